The molecule has 3 aromatic rings. The van der Waals surface area contributed by atoms with E-state index in [4.69, 9.17) is 27.0 Å². The molecule has 2 unspecified atom stereocenters. The summed E-state index contributed by atoms with van der Waals surface area (Å²) in [6, 6.07) is 18.5. The smallest absolute Gasteiger partial charge is 0.153 e. The van der Waals surface area contributed by atoms with Gasteiger partial charge in [0.2, 0.25) is 0 Å². The topological polar surface area (TPSA) is 125 Å². The van der Waals surface area contributed by atoms with Crippen LogP contribution in [0.2, 0.25) is 0 Å². The van der Waals surface area contributed by atoms with Crippen molar-refractivity contribution in [3.05, 3.63) is 71.3 Å². The lowest BCUT2D eigenvalue weighted by molar-refractivity contribution is 0.0852. The van der Waals surface area contributed by atoms with E-state index in [9.17, 15) is 0 Å². The van der Waals surface area contributed by atoms with Crippen LogP contribution in [-0.4, -0.2) is 47.5 Å². The molecule has 0 saturated carbocycles. The Bertz CT molecular complexity index is 1410. The van der Waals surface area contributed by atoms with Gasteiger partial charge in [-0.2, -0.15) is 0 Å². The Morgan fingerprint density at radius 1 is 0.950 bits per heavy atom. The van der Waals surface area contributed by atoms with E-state index in [2.05, 4.69) is 50.6 Å². The Morgan fingerprint density at radius 3 is 2.30 bits per heavy atom. The number of nitrogen functional groups attached to an aromatic ring is 1. The van der Waals surface area contributed by atoms with Crippen molar-refractivity contribution in [3.8, 4) is 5.75 Å². The number of hydrogen-bond donors (Lipinski definition) is 4. The molecular formula is C33H44N6O. The first kappa shape index (κ1) is 29.3. The van der Waals surface area contributed by atoms with Crippen molar-refractivity contribution < 1.29 is 4.74 Å². The lowest BCUT2D eigenvalue weighted by Crippen LogP contribution is -2.45. The summed E-state index contributed by atoms with van der Waals surface area (Å²) >= 11 is 0. The molecule has 1 aliphatic heterocycles. The van der Waals surface area contributed by atoms with E-state index in [0.717, 1.165) is 28.6 Å². The molecule has 0 bridgehead atoms. The van der Waals surface area contributed by atoms with Crippen molar-refractivity contribution in [1.82, 2.24) is 4.90 Å². The van der Waals surface area contributed by atoms with Gasteiger partial charge in [-0.3, -0.25) is 15.7 Å². The van der Waals surface area contributed by atoms with Crippen molar-refractivity contribution in [2.75, 3.05) is 18.9 Å². The van der Waals surface area contributed by atoms with Crippen LogP contribution in [0.15, 0.2) is 59.6 Å². The molecule has 2 atom stereocenters. The van der Waals surface area contributed by atoms with Gasteiger partial charge in [0, 0.05) is 47.4 Å². The zero-order chi connectivity index (χ0) is 29.0. The number of nitrogens with one attached hydrogen (secondary N) is 2. The zero-order valence-electron chi connectivity index (χ0n) is 24.6. The summed E-state index contributed by atoms with van der Waals surface area (Å²) in [5.74, 6) is 1.33. The largest absolute Gasteiger partial charge is 0.492 e. The van der Waals surface area contributed by atoms with Gasteiger partial charge in [0.25, 0.3) is 0 Å². The molecule has 0 aliphatic carbocycles. The molecule has 1 heterocycles. The number of nitrogens with zero attached hydrogens (tertiary/aromatic N) is 2. The predicted octanol–water partition coefficient (Wildman–Crippen LogP) is 6.60. The summed E-state index contributed by atoms with van der Waals surface area (Å²) < 4.78 is 6.13. The minimum Gasteiger partial charge on any atom is -0.492 e. The highest BCUT2D eigenvalue weighted by Gasteiger charge is 2.24. The second-order valence-electron chi connectivity index (χ2n) is 12.3. The van der Waals surface area contributed by atoms with E-state index in [-0.39, 0.29) is 11.3 Å². The van der Waals surface area contributed by atoms with E-state index < -0.39 is 0 Å². The maximum Gasteiger partial charge on any atom is 0.153 e. The molecule has 6 N–H and O–H groups in total. The van der Waals surface area contributed by atoms with Crippen molar-refractivity contribution in [1.29, 1.82) is 10.8 Å². The van der Waals surface area contributed by atoms with E-state index in [1.165, 1.54) is 19.3 Å². The molecule has 0 radical (unpaired) electrons. The van der Waals surface area contributed by atoms with E-state index in [0.29, 0.717) is 53.5 Å². The number of nitrogens with two attached hydrogens (primary N) is 2. The lowest BCUT2D eigenvalue weighted by atomic mass is 9.92. The fourth-order valence-corrected chi connectivity index (χ4v) is 5.52. The van der Waals surface area contributed by atoms with E-state index >= 15 is 0 Å². The molecule has 7 nitrogen and oxygen atoms in total. The molecule has 212 valence electrons. The molecule has 0 amide bonds. The number of aliphatic imine (C=N–C) groups is 1. The summed E-state index contributed by atoms with van der Waals surface area (Å²) in [5, 5.41) is 19.4. The Kier molecular flexibility index (Phi) is 8.94. The quantitative estimate of drug-likeness (QED) is 0.146. The molecule has 1 aliphatic rings. The van der Waals surface area contributed by atoms with Crippen LogP contribution < -0.4 is 16.2 Å². The first-order valence-corrected chi connectivity index (χ1v) is 14.2. The van der Waals surface area contributed by atoms with Crippen molar-refractivity contribution in [2.24, 2.45) is 16.1 Å². The fourth-order valence-electron chi connectivity index (χ4n) is 5.52. The van der Waals surface area contributed by atoms with Gasteiger partial charge in [0.1, 0.15) is 18.2 Å². The second kappa shape index (κ2) is 12.2. The van der Waals surface area contributed by atoms with Gasteiger partial charge in [-0.25, -0.2) is 4.99 Å². The summed E-state index contributed by atoms with van der Waals surface area (Å²) in [6.07, 6.45) is 4.42. The molecule has 0 aromatic heterocycles. The standard InChI is InChI=1S/C33H44N6O/c1-21-7-6-8-22(2)39(21)15-16-40-27-13-11-23-17-25(10-9-24(23)18-27)31(36)28-19-26(12-14-29(28)34)32(37)38-30(35)20-33(3,4)5/h9-14,17-19,21-22,36H,6-8,15-16,20,34H2,1-5H3,(H3,35,37,38). The van der Waals surface area contributed by atoms with Crippen LogP contribution >= 0.6 is 0 Å². The molecule has 3 aromatic carbocycles. The normalized spacial score (nSPS) is 18.6. The van der Waals surface area contributed by atoms with Crippen molar-refractivity contribution in [3.63, 3.8) is 0 Å². The third kappa shape index (κ3) is 7.27. The Morgan fingerprint density at radius 2 is 1.60 bits per heavy atom. The van der Waals surface area contributed by atoms with Crippen LogP contribution in [0.25, 0.3) is 10.8 Å². The van der Waals surface area contributed by atoms with Gasteiger partial charge < -0.3 is 16.2 Å². The first-order valence-electron chi connectivity index (χ1n) is 14.2. The van der Waals surface area contributed by atoms with Crippen molar-refractivity contribution >= 4 is 33.8 Å². The van der Waals surface area contributed by atoms with Gasteiger partial charge in [-0.1, -0.05) is 45.4 Å². The minimum absolute atomic E-state index is 0.0181. The van der Waals surface area contributed by atoms with Crippen LogP contribution in [0.5, 0.6) is 5.75 Å². The number of likely N-dealkylation sites (tertiary alicyclic amines) is 1. The summed E-state index contributed by atoms with van der Waals surface area (Å²) in [4.78, 5) is 6.84. The van der Waals surface area contributed by atoms with E-state index in [1.54, 1.807) is 18.2 Å². The maximum absolute atomic E-state index is 8.91. The van der Waals surface area contributed by atoms with Gasteiger partial charge in [-0.15, -0.1) is 0 Å². The number of amidine groups is 2. The van der Waals surface area contributed by atoms with Gasteiger partial charge in [0.05, 0.1) is 5.71 Å². The number of benzene rings is 3. The van der Waals surface area contributed by atoms with Gasteiger partial charge >= 0.3 is 0 Å². The summed E-state index contributed by atoms with van der Waals surface area (Å²) in [6.45, 7) is 12.5. The Hall–Kier alpha value is -3.71. The number of anilines is 1. The van der Waals surface area contributed by atoms with Crippen LogP contribution in [0.4, 0.5) is 5.69 Å². The first-order chi connectivity index (χ1) is 18.9. The Labute approximate surface area is 238 Å². The third-order valence-electron chi connectivity index (χ3n) is 7.66. The van der Waals surface area contributed by atoms with Crippen LogP contribution in [0.3, 0.4) is 0 Å². The number of piperidine rings is 1. The molecule has 1 saturated heterocycles. The van der Waals surface area contributed by atoms with E-state index in [1.807, 2.05) is 30.3 Å². The highest BCUT2D eigenvalue weighted by molar-refractivity contribution is 6.16. The molecule has 40 heavy (non-hydrogen) atoms. The number of hydrogen-bond acceptors (Lipinski definition) is 5. The Balaban J connectivity index is 1.47. The highest BCUT2D eigenvalue weighted by atomic mass is 16.5. The average molecular weight is 541 g/mol. The molecule has 0 spiro atoms. The maximum atomic E-state index is 8.91. The summed E-state index contributed by atoms with van der Waals surface area (Å²) in [7, 11) is 0. The highest BCUT2D eigenvalue weighted by Crippen LogP contribution is 2.26. The van der Waals surface area contributed by atoms with Gasteiger partial charge in [0.15, 0.2) is 5.84 Å². The SMILES string of the molecule is CC1CCCC(C)N1CCOc1ccc2cc(C(=N)c3cc(C(=N)N=C(N)CC(C)(C)C)ccc3N)ccc2c1. The number of fused-ring (bicyclic) bond motifs is 1. The van der Waals surface area contributed by atoms with Gasteiger partial charge in [-0.05, 0) is 79.3 Å². The fraction of sp³-hybridized carbons (Fsp3) is 0.424. The number of rotatable bonds is 8. The average Bonchev–Trinajstić information content (AvgIpc) is 2.88. The molecular weight excluding hydrogens is 496 g/mol. The molecule has 1 fully saturated rings. The molecule has 7 heteroatoms. The van der Waals surface area contributed by atoms with Crippen LogP contribution in [-0.2, 0) is 0 Å². The monoisotopic (exact) mass is 540 g/mol. The summed E-state index contributed by atoms with van der Waals surface area (Å²) in [5.41, 5.74) is 15.0. The lowest BCUT2D eigenvalue weighted by Gasteiger charge is -2.38. The minimum atomic E-state index is -0.0181. The predicted molar refractivity (Wildman–Crippen MR) is 168 cm³/mol. The third-order valence-corrected chi connectivity index (χ3v) is 7.66. The van der Waals surface area contributed by atoms with Crippen molar-refractivity contribution in [2.45, 2.75) is 72.4 Å². The number of ether oxygens (including phenoxy) is 1. The van der Waals surface area contributed by atoms with Crippen LogP contribution in [0, 0.1) is 16.2 Å². The second-order valence-corrected chi connectivity index (χ2v) is 12.3. The molecule has 4 rings (SSSR count). The zero-order valence-corrected chi connectivity index (χ0v) is 24.6. The van der Waals surface area contributed by atoms with Crippen LogP contribution in [0.1, 0.15) is 77.0 Å².